The first-order chi connectivity index (χ1) is 12.0. The molecule has 2 aromatic rings. The molecule has 0 bridgehead atoms. The number of carbonyl (C=O) groups is 1. The quantitative estimate of drug-likeness (QED) is 0.604. The molecule has 5 heteroatoms. The van der Waals surface area contributed by atoms with E-state index in [4.69, 9.17) is 16.3 Å². The van der Waals surface area contributed by atoms with Crippen molar-refractivity contribution in [3.63, 3.8) is 0 Å². The number of rotatable bonds is 4. The monoisotopic (exact) mass is 352 g/mol. The maximum atomic E-state index is 12.0. The summed E-state index contributed by atoms with van der Waals surface area (Å²) in [6.07, 6.45) is 5.19. The zero-order valence-corrected chi connectivity index (χ0v) is 14.7. The van der Waals surface area contributed by atoms with Crippen LogP contribution in [0.1, 0.15) is 11.1 Å². The van der Waals surface area contributed by atoms with Crippen LogP contribution in [-0.4, -0.2) is 26.0 Å². The number of benzene rings is 2. The molecule has 126 valence electrons. The largest absolute Gasteiger partial charge is 0.403 e. The molecule has 0 atom stereocenters. The maximum absolute atomic E-state index is 12.0. The van der Waals surface area contributed by atoms with Gasteiger partial charge in [-0.2, -0.15) is 0 Å². The van der Waals surface area contributed by atoms with Gasteiger partial charge >= 0.3 is 5.97 Å². The summed E-state index contributed by atoms with van der Waals surface area (Å²) < 4.78 is 5.18. The van der Waals surface area contributed by atoms with Crippen molar-refractivity contribution in [3.8, 4) is 0 Å². The van der Waals surface area contributed by atoms with E-state index in [1.807, 2.05) is 61.5 Å². The summed E-state index contributed by atoms with van der Waals surface area (Å²) in [4.78, 5) is 18.2. The number of anilines is 1. The van der Waals surface area contributed by atoms with Gasteiger partial charge in [0.2, 0.25) is 5.90 Å². The van der Waals surface area contributed by atoms with Crippen LogP contribution in [0.3, 0.4) is 0 Å². The Morgan fingerprint density at radius 1 is 0.960 bits per heavy atom. The Labute approximate surface area is 151 Å². The average molecular weight is 353 g/mol. The first-order valence-corrected chi connectivity index (χ1v) is 8.13. The topological polar surface area (TPSA) is 41.9 Å². The summed E-state index contributed by atoms with van der Waals surface area (Å²) in [5, 5.41) is 0.673. The van der Waals surface area contributed by atoms with Crippen molar-refractivity contribution in [1.29, 1.82) is 0 Å². The highest BCUT2D eigenvalue weighted by Crippen LogP contribution is 2.19. The molecule has 0 aliphatic carbocycles. The van der Waals surface area contributed by atoms with Crippen LogP contribution in [0, 0.1) is 0 Å². The van der Waals surface area contributed by atoms with Crippen molar-refractivity contribution in [1.82, 2.24) is 0 Å². The van der Waals surface area contributed by atoms with Crippen LogP contribution in [0.5, 0.6) is 0 Å². The van der Waals surface area contributed by atoms with Gasteiger partial charge in [0.1, 0.15) is 0 Å². The van der Waals surface area contributed by atoms with Crippen LogP contribution in [0.25, 0.3) is 12.2 Å². The van der Waals surface area contributed by atoms with Crippen molar-refractivity contribution in [2.75, 3.05) is 19.0 Å². The van der Waals surface area contributed by atoms with Gasteiger partial charge in [-0.3, -0.25) is 0 Å². The highest BCUT2D eigenvalue weighted by Gasteiger charge is 2.21. The molecule has 0 amide bonds. The molecule has 1 heterocycles. The number of ether oxygens (including phenoxy) is 1. The summed E-state index contributed by atoms with van der Waals surface area (Å²) in [5.41, 5.74) is 3.21. The molecule has 0 N–H and O–H groups in total. The summed E-state index contributed by atoms with van der Waals surface area (Å²) >= 11 is 5.85. The second-order valence-electron chi connectivity index (χ2n) is 5.74. The second kappa shape index (κ2) is 7.36. The number of esters is 1. The third kappa shape index (κ3) is 4.37. The van der Waals surface area contributed by atoms with Gasteiger partial charge in [-0.25, -0.2) is 9.79 Å². The van der Waals surface area contributed by atoms with Crippen LogP contribution in [0.4, 0.5) is 5.69 Å². The van der Waals surface area contributed by atoms with Gasteiger partial charge in [0, 0.05) is 30.9 Å². The molecule has 3 rings (SSSR count). The molecule has 0 spiro atoms. The minimum Gasteiger partial charge on any atom is -0.403 e. The summed E-state index contributed by atoms with van der Waals surface area (Å²) in [6, 6.07) is 15.2. The van der Waals surface area contributed by atoms with Crippen LogP contribution >= 0.6 is 11.6 Å². The number of halogens is 1. The van der Waals surface area contributed by atoms with E-state index in [0.717, 1.165) is 16.8 Å². The van der Waals surface area contributed by atoms with E-state index in [2.05, 4.69) is 4.99 Å². The van der Waals surface area contributed by atoms with Gasteiger partial charge in [-0.15, -0.1) is 0 Å². The van der Waals surface area contributed by atoms with Crippen molar-refractivity contribution in [2.24, 2.45) is 4.99 Å². The van der Waals surface area contributed by atoms with Crippen LogP contribution in [0.15, 0.2) is 65.3 Å². The molecule has 0 saturated heterocycles. The lowest BCUT2D eigenvalue weighted by Gasteiger charge is -2.11. The Kier molecular flexibility index (Phi) is 5.00. The highest BCUT2D eigenvalue weighted by atomic mass is 35.5. The first-order valence-electron chi connectivity index (χ1n) is 7.75. The zero-order valence-electron chi connectivity index (χ0n) is 13.9. The minimum atomic E-state index is -0.451. The fourth-order valence-corrected chi connectivity index (χ4v) is 2.39. The van der Waals surface area contributed by atoms with E-state index in [1.165, 1.54) is 0 Å². The molecule has 0 fully saturated rings. The van der Waals surface area contributed by atoms with Crippen molar-refractivity contribution in [2.45, 2.75) is 0 Å². The SMILES string of the molecule is CN(C)c1ccc(/C=C2N=C(/C=C/c3ccc(Cl)cc3)OC/2=O)cc1. The number of carbonyl (C=O) groups excluding carboxylic acids is 1. The number of cyclic esters (lactones) is 1. The van der Waals surface area contributed by atoms with E-state index in [0.29, 0.717) is 5.02 Å². The first kappa shape index (κ1) is 17.0. The fourth-order valence-electron chi connectivity index (χ4n) is 2.26. The summed E-state index contributed by atoms with van der Waals surface area (Å²) in [6.45, 7) is 0. The lowest BCUT2D eigenvalue weighted by atomic mass is 10.1. The summed E-state index contributed by atoms with van der Waals surface area (Å²) in [5.74, 6) is -0.177. The van der Waals surface area contributed by atoms with Gasteiger partial charge in [0.15, 0.2) is 5.70 Å². The van der Waals surface area contributed by atoms with Gasteiger partial charge in [-0.1, -0.05) is 35.9 Å². The van der Waals surface area contributed by atoms with Crippen molar-refractivity contribution in [3.05, 3.63) is 76.5 Å². The Hall–Kier alpha value is -2.85. The van der Waals surface area contributed by atoms with Gasteiger partial charge in [0.25, 0.3) is 0 Å². The fraction of sp³-hybridized carbons (Fsp3) is 0.100. The molecule has 1 aliphatic heterocycles. The van der Waals surface area contributed by atoms with Crippen LogP contribution in [-0.2, 0) is 9.53 Å². The number of hydrogen-bond donors (Lipinski definition) is 0. The molecule has 25 heavy (non-hydrogen) atoms. The number of nitrogens with zero attached hydrogens (tertiary/aromatic N) is 2. The Morgan fingerprint density at radius 3 is 2.24 bits per heavy atom. The molecule has 1 aliphatic rings. The molecular weight excluding hydrogens is 336 g/mol. The minimum absolute atomic E-state index is 0.274. The highest BCUT2D eigenvalue weighted by molar-refractivity contribution is 6.30. The number of aliphatic imine (C=N–C) groups is 1. The van der Waals surface area contributed by atoms with Crippen LogP contribution in [0.2, 0.25) is 5.02 Å². The van der Waals surface area contributed by atoms with E-state index >= 15 is 0 Å². The Morgan fingerprint density at radius 2 is 1.60 bits per heavy atom. The van der Waals surface area contributed by atoms with E-state index in [1.54, 1.807) is 24.3 Å². The normalized spacial score (nSPS) is 15.6. The molecule has 0 radical (unpaired) electrons. The molecular formula is C20H17ClN2O2. The molecule has 4 nitrogen and oxygen atoms in total. The molecule has 0 saturated carbocycles. The predicted octanol–water partition coefficient (Wildman–Crippen LogP) is 4.42. The van der Waals surface area contributed by atoms with Gasteiger partial charge in [-0.05, 0) is 47.5 Å². The van der Waals surface area contributed by atoms with Crippen LogP contribution < -0.4 is 4.90 Å². The summed E-state index contributed by atoms with van der Waals surface area (Å²) in [7, 11) is 3.96. The average Bonchev–Trinajstić information content (AvgIpc) is 2.94. The lowest BCUT2D eigenvalue weighted by Crippen LogP contribution is -2.07. The van der Waals surface area contributed by atoms with Crippen molar-refractivity contribution < 1.29 is 9.53 Å². The standard InChI is InChI=1S/C20H17ClN2O2/c1-23(2)17-10-5-15(6-11-17)13-18-20(24)25-19(22-18)12-7-14-3-8-16(21)9-4-14/h3-13H,1-2H3/b12-7+,18-13+. The van der Waals surface area contributed by atoms with E-state index in [9.17, 15) is 4.79 Å². The molecule has 0 aromatic heterocycles. The number of hydrogen-bond acceptors (Lipinski definition) is 4. The molecule has 0 unspecified atom stereocenters. The van der Waals surface area contributed by atoms with Gasteiger partial charge < -0.3 is 9.64 Å². The smallest absolute Gasteiger partial charge is 0.363 e. The third-order valence-electron chi connectivity index (χ3n) is 3.64. The van der Waals surface area contributed by atoms with Gasteiger partial charge in [0.05, 0.1) is 0 Å². The molecule has 2 aromatic carbocycles. The Bertz CT molecular complexity index is 864. The lowest BCUT2D eigenvalue weighted by molar-refractivity contribution is -0.129. The third-order valence-corrected chi connectivity index (χ3v) is 3.89. The predicted molar refractivity (Wildman–Crippen MR) is 103 cm³/mol. The Balaban J connectivity index is 1.76. The maximum Gasteiger partial charge on any atom is 0.363 e. The van der Waals surface area contributed by atoms with Crippen molar-refractivity contribution >= 4 is 41.3 Å². The van der Waals surface area contributed by atoms with E-state index in [-0.39, 0.29) is 11.6 Å². The van der Waals surface area contributed by atoms with E-state index < -0.39 is 5.97 Å². The second-order valence-corrected chi connectivity index (χ2v) is 6.18. The zero-order chi connectivity index (χ0) is 17.8.